The largest absolute Gasteiger partial charge is 0.489 e. The third kappa shape index (κ3) is 10.3. The fourth-order valence-corrected chi connectivity index (χ4v) is 5.02. The zero-order valence-corrected chi connectivity index (χ0v) is 24.5. The maximum Gasteiger partial charge on any atom is 0.335 e. The number of aryl methyl sites for hydroxylation is 2. The van der Waals surface area contributed by atoms with Crippen molar-refractivity contribution < 1.29 is 19.4 Å². The lowest BCUT2D eigenvalue weighted by Crippen LogP contribution is -2.27. The lowest BCUT2D eigenvalue weighted by Gasteiger charge is -2.23. The summed E-state index contributed by atoms with van der Waals surface area (Å²) in [6, 6.07) is 34.6. The predicted molar refractivity (Wildman–Crippen MR) is 168 cm³/mol. The van der Waals surface area contributed by atoms with Gasteiger partial charge in [-0.15, -0.1) is 0 Å². The SMILES string of the molecule is CC(=O)CCCCN(CCc1ccccc1OCc1ccc(CCc2ccccc2)cc1)Cc1ccc(C(=O)O)cc1. The summed E-state index contributed by atoms with van der Waals surface area (Å²) in [5, 5.41) is 9.22. The monoisotopic (exact) mass is 563 g/mol. The summed E-state index contributed by atoms with van der Waals surface area (Å²) in [6.07, 6.45) is 5.29. The number of ketones is 1. The lowest BCUT2D eigenvalue weighted by molar-refractivity contribution is -0.117. The molecule has 5 heteroatoms. The fraction of sp³-hybridized carbons (Fsp3) is 0.297. The number of para-hydroxylation sites is 1. The van der Waals surface area contributed by atoms with E-state index in [9.17, 15) is 14.7 Å². The molecule has 42 heavy (non-hydrogen) atoms. The van der Waals surface area contributed by atoms with Gasteiger partial charge in [-0.25, -0.2) is 4.79 Å². The predicted octanol–water partition coefficient (Wildman–Crippen LogP) is 7.55. The van der Waals surface area contributed by atoms with Gasteiger partial charge in [0.25, 0.3) is 0 Å². The first-order chi connectivity index (χ1) is 20.5. The highest BCUT2D eigenvalue weighted by atomic mass is 16.5. The van der Waals surface area contributed by atoms with Crippen molar-refractivity contribution in [1.82, 2.24) is 4.90 Å². The van der Waals surface area contributed by atoms with Gasteiger partial charge in [-0.3, -0.25) is 4.90 Å². The summed E-state index contributed by atoms with van der Waals surface area (Å²) in [5.41, 5.74) is 6.34. The van der Waals surface area contributed by atoms with Crippen molar-refractivity contribution in [3.63, 3.8) is 0 Å². The Labute approximate surface area is 249 Å². The van der Waals surface area contributed by atoms with E-state index >= 15 is 0 Å². The van der Waals surface area contributed by atoms with Crippen LogP contribution in [0.5, 0.6) is 5.75 Å². The molecule has 0 saturated heterocycles. The Hall–Kier alpha value is -4.22. The van der Waals surface area contributed by atoms with Crippen molar-refractivity contribution in [2.75, 3.05) is 13.1 Å². The van der Waals surface area contributed by atoms with E-state index in [0.29, 0.717) is 18.6 Å². The van der Waals surface area contributed by atoms with Crippen LogP contribution in [0.2, 0.25) is 0 Å². The van der Waals surface area contributed by atoms with Crippen LogP contribution in [0.4, 0.5) is 0 Å². The number of carbonyl (C=O) groups excluding carboxylic acids is 1. The van der Waals surface area contributed by atoms with Crippen LogP contribution in [-0.2, 0) is 37.2 Å². The molecule has 1 N–H and O–H groups in total. The Kier molecular flexibility index (Phi) is 11.9. The minimum absolute atomic E-state index is 0.221. The molecule has 5 nitrogen and oxygen atoms in total. The van der Waals surface area contributed by atoms with Gasteiger partial charge in [0.1, 0.15) is 18.1 Å². The molecule has 0 aliphatic heterocycles. The molecular formula is C37H41NO4. The summed E-state index contributed by atoms with van der Waals surface area (Å²) >= 11 is 0. The Morgan fingerprint density at radius 3 is 1.98 bits per heavy atom. The summed E-state index contributed by atoms with van der Waals surface area (Å²) in [5.74, 6) is 0.199. The molecule has 0 heterocycles. The van der Waals surface area contributed by atoms with E-state index in [0.717, 1.165) is 74.2 Å². The average molecular weight is 564 g/mol. The summed E-state index contributed by atoms with van der Waals surface area (Å²) in [4.78, 5) is 25.0. The Morgan fingerprint density at radius 2 is 1.29 bits per heavy atom. The molecule has 0 aromatic heterocycles. The number of rotatable bonds is 17. The zero-order chi connectivity index (χ0) is 29.6. The van der Waals surface area contributed by atoms with Crippen LogP contribution in [0.15, 0.2) is 103 Å². The van der Waals surface area contributed by atoms with Gasteiger partial charge in [-0.2, -0.15) is 0 Å². The van der Waals surface area contributed by atoms with E-state index in [1.54, 1.807) is 19.1 Å². The zero-order valence-electron chi connectivity index (χ0n) is 24.5. The topological polar surface area (TPSA) is 66.8 Å². The highest BCUT2D eigenvalue weighted by Crippen LogP contribution is 2.21. The third-order valence-electron chi connectivity index (χ3n) is 7.49. The summed E-state index contributed by atoms with van der Waals surface area (Å²) in [6.45, 7) is 4.57. The molecule has 4 aromatic carbocycles. The third-order valence-corrected chi connectivity index (χ3v) is 7.49. The van der Waals surface area contributed by atoms with Crippen LogP contribution < -0.4 is 4.74 Å². The number of carboxylic acids is 1. The molecule has 0 amide bonds. The molecule has 4 rings (SSSR count). The Bertz CT molecular complexity index is 1400. The van der Waals surface area contributed by atoms with Crippen molar-refractivity contribution in [3.05, 3.63) is 137 Å². The number of hydrogen-bond acceptors (Lipinski definition) is 4. The van der Waals surface area contributed by atoms with Crippen molar-refractivity contribution in [2.24, 2.45) is 0 Å². The number of carboxylic acid groups (broad SMARTS) is 1. The molecular weight excluding hydrogens is 522 g/mol. The molecule has 0 unspecified atom stereocenters. The number of aromatic carboxylic acids is 1. The first-order valence-corrected chi connectivity index (χ1v) is 14.8. The van der Waals surface area contributed by atoms with Crippen LogP contribution in [0.25, 0.3) is 0 Å². The van der Waals surface area contributed by atoms with E-state index in [1.807, 2.05) is 30.3 Å². The van der Waals surface area contributed by atoms with E-state index < -0.39 is 5.97 Å². The molecule has 0 spiro atoms. The highest BCUT2D eigenvalue weighted by molar-refractivity contribution is 5.87. The summed E-state index contributed by atoms with van der Waals surface area (Å²) < 4.78 is 6.29. The van der Waals surface area contributed by atoms with Crippen LogP contribution in [0.1, 0.15) is 64.4 Å². The molecule has 0 atom stereocenters. The first-order valence-electron chi connectivity index (χ1n) is 14.8. The van der Waals surface area contributed by atoms with Crippen LogP contribution >= 0.6 is 0 Å². The number of Topliss-reactive ketones (excluding diaryl/α,β-unsaturated/α-hetero) is 1. The second kappa shape index (κ2) is 16.3. The van der Waals surface area contributed by atoms with E-state index in [4.69, 9.17) is 4.74 Å². The van der Waals surface area contributed by atoms with Gasteiger partial charge < -0.3 is 14.6 Å². The number of benzene rings is 4. The molecule has 0 saturated carbocycles. The van der Waals surface area contributed by atoms with Gasteiger partial charge in [0.05, 0.1) is 5.56 Å². The van der Waals surface area contributed by atoms with Gasteiger partial charge in [0.2, 0.25) is 0 Å². The highest BCUT2D eigenvalue weighted by Gasteiger charge is 2.11. The molecule has 218 valence electrons. The number of ether oxygens (including phenoxy) is 1. The van der Waals surface area contributed by atoms with Crippen LogP contribution in [0, 0.1) is 0 Å². The molecule has 4 aromatic rings. The van der Waals surface area contributed by atoms with Gasteiger partial charge >= 0.3 is 5.97 Å². The molecule has 0 radical (unpaired) electrons. The van der Waals surface area contributed by atoms with Crippen molar-refractivity contribution in [3.8, 4) is 5.75 Å². The minimum Gasteiger partial charge on any atom is -0.489 e. The van der Waals surface area contributed by atoms with Crippen LogP contribution in [0.3, 0.4) is 0 Å². The van der Waals surface area contributed by atoms with E-state index in [-0.39, 0.29) is 5.78 Å². The van der Waals surface area contributed by atoms with Crippen molar-refractivity contribution in [2.45, 2.75) is 58.6 Å². The Balaban J connectivity index is 1.33. The second-order valence-corrected chi connectivity index (χ2v) is 10.9. The van der Waals surface area contributed by atoms with Gasteiger partial charge in [0.15, 0.2) is 0 Å². The second-order valence-electron chi connectivity index (χ2n) is 10.9. The first kappa shape index (κ1) is 30.7. The quantitative estimate of drug-likeness (QED) is 0.134. The van der Waals surface area contributed by atoms with E-state index in [1.165, 1.54) is 11.1 Å². The Morgan fingerprint density at radius 1 is 0.667 bits per heavy atom. The number of unbranched alkanes of at least 4 members (excludes halogenated alkanes) is 1. The fourth-order valence-electron chi connectivity index (χ4n) is 5.02. The summed E-state index contributed by atoms with van der Waals surface area (Å²) in [7, 11) is 0. The number of carbonyl (C=O) groups is 2. The van der Waals surface area contributed by atoms with E-state index in [2.05, 4.69) is 65.6 Å². The molecule has 0 aliphatic carbocycles. The minimum atomic E-state index is -0.918. The van der Waals surface area contributed by atoms with Crippen molar-refractivity contribution >= 4 is 11.8 Å². The molecule has 0 fully saturated rings. The molecule has 0 bridgehead atoms. The number of hydrogen-bond donors (Lipinski definition) is 1. The van der Waals surface area contributed by atoms with Gasteiger partial charge in [0, 0.05) is 19.5 Å². The smallest absolute Gasteiger partial charge is 0.335 e. The normalized spacial score (nSPS) is 11.0. The molecule has 0 aliphatic rings. The standard InChI is InChI=1S/C37H41NO4/c1-29(39)9-7-8-25-38(27-32-20-22-35(23-21-32)37(40)41)26-24-34-12-5-6-13-36(34)42-28-33-18-16-31(17-19-33)15-14-30-10-3-2-4-11-30/h2-6,10-13,16-23H,7-9,14-15,24-28H2,1H3,(H,40,41). The lowest BCUT2D eigenvalue weighted by atomic mass is 10.0. The van der Waals surface area contributed by atoms with Gasteiger partial charge in [-0.05, 0) is 91.6 Å². The maximum atomic E-state index is 11.4. The maximum absolute atomic E-state index is 11.4. The average Bonchev–Trinajstić information content (AvgIpc) is 3.01. The van der Waals surface area contributed by atoms with Crippen LogP contribution in [-0.4, -0.2) is 34.8 Å². The van der Waals surface area contributed by atoms with Crippen molar-refractivity contribution in [1.29, 1.82) is 0 Å². The number of nitrogens with zero attached hydrogens (tertiary/aromatic N) is 1. The van der Waals surface area contributed by atoms with Gasteiger partial charge in [-0.1, -0.05) is 84.9 Å².